The normalized spacial score (nSPS) is 10.5. The molecule has 0 aliphatic rings. The molecule has 0 radical (unpaired) electrons. The number of tetrazole rings is 1. The molecule has 3 heterocycles. The average Bonchev–Trinajstić information content (AvgIpc) is 3.30. The molecule has 13 nitrogen and oxygen atoms in total. The Kier molecular flexibility index (Phi) is 7.02. The van der Waals surface area contributed by atoms with Crippen LogP contribution in [0.1, 0.15) is 27.6 Å². The molecule has 3 aromatic heterocycles. The molecule has 0 bridgehead atoms. The van der Waals surface area contributed by atoms with Crippen molar-refractivity contribution < 1.29 is 14.4 Å². The maximum atomic E-state index is 12.0. The van der Waals surface area contributed by atoms with E-state index in [9.17, 15) is 14.4 Å². The molecule has 14 heteroatoms. The Morgan fingerprint density at radius 2 is 1.90 bits per heavy atom. The number of nitrogens with zero attached hydrogens (tertiary/aromatic N) is 7. The van der Waals surface area contributed by atoms with Gasteiger partial charge in [-0.1, -0.05) is 0 Å². The van der Waals surface area contributed by atoms with Gasteiger partial charge < -0.3 is 5.32 Å². The summed E-state index contributed by atoms with van der Waals surface area (Å²) in [4.78, 5) is 40.5. The van der Waals surface area contributed by atoms with E-state index < -0.39 is 17.7 Å². The minimum absolute atomic E-state index is 0.254. The molecule has 0 aliphatic heterocycles. The topological polar surface area (TPSA) is 162 Å². The summed E-state index contributed by atoms with van der Waals surface area (Å²) >= 11 is 3.45. The SMILES string of the molecule is Cc1nn(Cc2nnn(CC(=O)NNC(=O)CNC(=O)c3cccnc3)n2)c(C)c1Br. The molecule has 3 aromatic rings. The van der Waals surface area contributed by atoms with Gasteiger partial charge in [-0.05, 0) is 47.1 Å². The lowest BCUT2D eigenvalue weighted by molar-refractivity contribution is -0.129. The minimum atomic E-state index is -0.604. The summed E-state index contributed by atoms with van der Waals surface area (Å²) in [6, 6.07) is 3.17. The van der Waals surface area contributed by atoms with Crippen molar-refractivity contribution in [2.24, 2.45) is 0 Å². The second-order valence-corrected chi connectivity index (χ2v) is 7.19. The number of nitrogens with one attached hydrogen (secondary N) is 3. The third kappa shape index (κ3) is 5.91. The molecule has 0 aromatic carbocycles. The van der Waals surface area contributed by atoms with Crippen LogP contribution in [0.2, 0.25) is 0 Å². The average molecular weight is 491 g/mol. The highest BCUT2D eigenvalue weighted by Gasteiger charge is 2.13. The lowest BCUT2D eigenvalue weighted by Gasteiger charge is -2.08. The largest absolute Gasteiger partial charge is 0.343 e. The number of hydrazine groups is 1. The van der Waals surface area contributed by atoms with Crippen molar-refractivity contribution in [3.63, 3.8) is 0 Å². The Bertz CT molecular complexity index is 1100. The number of aryl methyl sites for hydroxylation is 1. The number of amides is 3. The summed E-state index contributed by atoms with van der Waals surface area (Å²) in [5, 5.41) is 18.6. The van der Waals surface area contributed by atoms with Crippen LogP contribution in [-0.4, -0.2) is 59.2 Å². The number of carbonyl (C=O) groups is 3. The Morgan fingerprint density at radius 3 is 2.58 bits per heavy atom. The van der Waals surface area contributed by atoms with Gasteiger partial charge in [0.15, 0.2) is 5.82 Å². The molecule has 162 valence electrons. The fraction of sp³-hybridized carbons (Fsp3) is 0.294. The molecule has 3 amide bonds. The second-order valence-electron chi connectivity index (χ2n) is 6.40. The van der Waals surface area contributed by atoms with Crippen molar-refractivity contribution in [2.75, 3.05) is 6.54 Å². The molecule has 0 aliphatic carbocycles. The maximum absolute atomic E-state index is 12.0. The Hall–Kier alpha value is -3.68. The number of rotatable bonds is 7. The van der Waals surface area contributed by atoms with Crippen molar-refractivity contribution >= 4 is 33.7 Å². The highest BCUT2D eigenvalue weighted by atomic mass is 79.9. The van der Waals surface area contributed by atoms with Gasteiger partial charge in [0.25, 0.3) is 17.7 Å². The first-order chi connectivity index (χ1) is 14.8. The Balaban J connectivity index is 1.42. The first-order valence-electron chi connectivity index (χ1n) is 9.05. The summed E-state index contributed by atoms with van der Waals surface area (Å²) in [5.74, 6) is -1.24. The number of aromatic nitrogens is 7. The van der Waals surface area contributed by atoms with Crippen LogP contribution in [0.25, 0.3) is 0 Å². The van der Waals surface area contributed by atoms with Gasteiger partial charge in [0, 0.05) is 12.4 Å². The van der Waals surface area contributed by atoms with Crippen LogP contribution in [0.15, 0.2) is 29.0 Å². The van der Waals surface area contributed by atoms with Gasteiger partial charge >= 0.3 is 0 Å². The van der Waals surface area contributed by atoms with Crippen LogP contribution in [0, 0.1) is 13.8 Å². The van der Waals surface area contributed by atoms with Crippen LogP contribution in [0.3, 0.4) is 0 Å². The molecule has 0 atom stereocenters. The predicted octanol–water partition coefficient (Wildman–Crippen LogP) is -0.730. The fourth-order valence-electron chi connectivity index (χ4n) is 2.48. The molecule has 0 saturated heterocycles. The molecule has 0 spiro atoms. The number of halogens is 1. The van der Waals surface area contributed by atoms with Crippen LogP contribution < -0.4 is 16.2 Å². The first-order valence-corrected chi connectivity index (χ1v) is 9.85. The predicted molar refractivity (Wildman–Crippen MR) is 109 cm³/mol. The zero-order valence-corrected chi connectivity index (χ0v) is 18.2. The van der Waals surface area contributed by atoms with E-state index in [-0.39, 0.29) is 13.1 Å². The lowest BCUT2D eigenvalue weighted by Crippen LogP contribution is -2.47. The first kappa shape index (κ1) is 22.0. The van der Waals surface area contributed by atoms with Crippen molar-refractivity contribution in [1.29, 1.82) is 0 Å². The van der Waals surface area contributed by atoms with E-state index in [1.165, 1.54) is 12.4 Å². The number of carbonyl (C=O) groups excluding carboxylic acids is 3. The van der Waals surface area contributed by atoms with E-state index in [0.717, 1.165) is 20.7 Å². The minimum Gasteiger partial charge on any atom is -0.343 e. The zero-order valence-electron chi connectivity index (χ0n) is 16.7. The van der Waals surface area contributed by atoms with Crippen molar-refractivity contribution in [3.05, 3.63) is 51.8 Å². The standard InChI is InChI=1S/C17H19BrN10O3/c1-10-16(18)11(2)27(24-10)8-13-21-26-28(25-13)9-15(30)23-22-14(29)7-20-17(31)12-4-3-5-19-6-12/h3-6H,7-9H2,1-2H3,(H,20,31)(H,22,29)(H,23,30). The zero-order chi connectivity index (χ0) is 22.4. The highest BCUT2D eigenvalue weighted by molar-refractivity contribution is 9.10. The van der Waals surface area contributed by atoms with Gasteiger partial charge in [-0.15, -0.1) is 10.2 Å². The molecule has 0 saturated carbocycles. The van der Waals surface area contributed by atoms with Gasteiger partial charge in [0.1, 0.15) is 13.1 Å². The lowest BCUT2D eigenvalue weighted by atomic mass is 10.3. The number of hydrogen-bond acceptors (Lipinski definition) is 8. The molecule has 3 N–H and O–H groups in total. The fourth-order valence-corrected chi connectivity index (χ4v) is 2.76. The summed E-state index contributed by atoms with van der Waals surface area (Å²) < 4.78 is 2.63. The molecule has 0 unspecified atom stereocenters. The van der Waals surface area contributed by atoms with Crippen molar-refractivity contribution in [2.45, 2.75) is 26.9 Å². The molecule has 31 heavy (non-hydrogen) atoms. The number of pyridine rings is 1. The Labute approximate surface area is 184 Å². The van der Waals surface area contributed by atoms with Crippen LogP contribution in [0.4, 0.5) is 0 Å². The van der Waals surface area contributed by atoms with Crippen LogP contribution in [0.5, 0.6) is 0 Å². The van der Waals surface area contributed by atoms with Gasteiger partial charge in [0.2, 0.25) is 0 Å². The summed E-state index contributed by atoms with van der Waals surface area (Å²) in [6.45, 7) is 3.51. The smallest absolute Gasteiger partial charge is 0.262 e. The van der Waals surface area contributed by atoms with E-state index >= 15 is 0 Å². The van der Waals surface area contributed by atoms with E-state index in [2.05, 4.69) is 57.6 Å². The number of hydrogen-bond donors (Lipinski definition) is 3. The van der Waals surface area contributed by atoms with E-state index in [1.54, 1.807) is 16.8 Å². The van der Waals surface area contributed by atoms with Crippen LogP contribution >= 0.6 is 15.9 Å². The Morgan fingerprint density at radius 1 is 1.13 bits per heavy atom. The van der Waals surface area contributed by atoms with Crippen molar-refractivity contribution in [3.8, 4) is 0 Å². The summed E-state index contributed by atoms with van der Waals surface area (Å²) in [6.07, 6.45) is 2.91. The third-order valence-electron chi connectivity index (χ3n) is 4.04. The molecule has 3 rings (SSSR count). The highest BCUT2D eigenvalue weighted by Crippen LogP contribution is 2.19. The van der Waals surface area contributed by atoms with E-state index in [1.807, 2.05) is 13.8 Å². The summed E-state index contributed by atoms with van der Waals surface area (Å²) in [7, 11) is 0. The van der Waals surface area contributed by atoms with E-state index in [0.29, 0.717) is 17.9 Å². The van der Waals surface area contributed by atoms with E-state index in [4.69, 9.17) is 0 Å². The molecular weight excluding hydrogens is 472 g/mol. The monoisotopic (exact) mass is 490 g/mol. The second kappa shape index (κ2) is 9.88. The summed E-state index contributed by atoms with van der Waals surface area (Å²) in [5.41, 5.74) is 6.50. The van der Waals surface area contributed by atoms with Crippen molar-refractivity contribution in [1.82, 2.24) is 51.1 Å². The van der Waals surface area contributed by atoms with Gasteiger partial charge in [0.05, 0.1) is 28.0 Å². The molecule has 0 fully saturated rings. The quantitative estimate of drug-likeness (QED) is 0.365. The van der Waals surface area contributed by atoms with Crippen LogP contribution in [-0.2, 0) is 22.7 Å². The maximum Gasteiger partial charge on any atom is 0.262 e. The van der Waals surface area contributed by atoms with Gasteiger partial charge in [-0.25, -0.2) is 0 Å². The third-order valence-corrected chi connectivity index (χ3v) is 5.19. The van der Waals surface area contributed by atoms with Gasteiger partial charge in [-0.3, -0.25) is 34.9 Å². The van der Waals surface area contributed by atoms with Gasteiger partial charge in [-0.2, -0.15) is 9.90 Å². The molecular formula is C17H19BrN10O3.